The molecule has 0 spiro atoms. The Morgan fingerprint density at radius 1 is 1.22 bits per heavy atom. The fourth-order valence-corrected chi connectivity index (χ4v) is 0.243. The van der Waals surface area contributed by atoms with Crippen LogP contribution in [0.5, 0.6) is 0 Å². The molecule has 0 aromatic rings. The summed E-state index contributed by atoms with van der Waals surface area (Å²) in [6.45, 7) is 0. The van der Waals surface area contributed by atoms with Gasteiger partial charge in [0.1, 0.15) is 12.5 Å². The summed E-state index contributed by atoms with van der Waals surface area (Å²) in [6.07, 6.45) is 6.41. The van der Waals surface area contributed by atoms with Crippen molar-refractivity contribution in [2.24, 2.45) is 0 Å². The molecule has 0 saturated heterocycles. The Kier molecular flexibility index (Phi) is 6.07. The normalized spacial score (nSPS) is 10.8. The first-order valence-electron chi connectivity index (χ1n) is 2.38. The number of allylic oxidation sites excluding steroid dienone is 3. The maximum Gasteiger partial charge on any atom is 0.142 e. The molecule has 0 heterocycles. The van der Waals surface area contributed by atoms with Crippen LogP contribution in [-0.4, -0.2) is 13.4 Å². The van der Waals surface area contributed by atoms with E-state index >= 15 is 0 Å². The molecule has 50 valence electrons. The minimum absolute atomic E-state index is 0.678. The van der Waals surface area contributed by atoms with E-state index in [0.717, 1.165) is 0 Å². The molecule has 0 saturated carbocycles. The maximum atomic E-state index is 9.64. The monoisotopic (exact) mass is 128 g/mol. The van der Waals surface area contributed by atoms with E-state index in [0.29, 0.717) is 6.29 Å². The first-order valence-corrected chi connectivity index (χ1v) is 2.38. The van der Waals surface area contributed by atoms with Crippen LogP contribution in [0.2, 0.25) is 0 Å². The smallest absolute Gasteiger partial charge is 0.142 e. The molecule has 0 bridgehead atoms. The average Bonchev–Trinajstić information content (AvgIpc) is 1.89. The van der Waals surface area contributed by atoms with Crippen LogP contribution in [0.3, 0.4) is 0 Å². The molecular formula is C6H8O3. The molecule has 0 aliphatic heterocycles. The Hall–Kier alpha value is -1.09. The number of hydrogen-bond acceptors (Lipinski definition) is 3. The summed E-state index contributed by atoms with van der Waals surface area (Å²) in [5.41, 5.74) is 0. The molecule has 0 fully saturated rings. The van der Waals surface area contributed by atoms with Gasteiger partial charge in [0.15, 0.2) is 0 Å². The van der Waals surface area contributed by atoms with Gasteiger partial charge >= 0.3 is 0 Å². The van der Waals surface area contributed by atoms with Crippen molar-refractivity contribution in [1.82, 2.24) is 0 Å². The zero-order valence-corrected chi connectivity index (χ0v) is 5.11. The van der Waals surface area contributed by atoms with E-state index in [1.807, 2.05) is 0 Å². The molecule has 0 aromatic heterocycles. The van der Waals surface area contributed by atoms with Crippen LogP contribution in [0.15, 0.2) is 24.5 Å². The van der Waals surface area contributed by atoms with Gasteiger partial charge in [-0.05, 0) is 12.2 Å². The molecule has 3 nitrogen and oxygen atoms in total. The second kappa shape index (κ2) is 6.91. The Bertz CT molecular complexity index is 115. The van der Waals surface area contributed by atoms with Crippen LogP contribution >= 0.6 is 0 Å². The molecule has 0 aliphatic carbocycles. The van der Waals surface area contributed by atoms with Gasteiger partial charge < -0.3 is 4.89 Å². The van der Waals surface area contributed by atoms with Crippen molar-refractivity contribution in [2.75, 3.05) is 7.11 Å². The highest BCUT2D eigenvalue weighted by Gasteiger charge is 1.65. The van der Waals surface area contributed by atoms with Gasteiger partial charge in [-0.25, -0.2) is 0 Å². The van der Waals surface area contributed by atoms with E-state index in [1.165, 1.54) is 31.6 Å². The van der Waals surface area contributed by atoms with Crippen LogP contribution in [-0.2, 0) is 14.6 Å². The first-order chi connectivity index (χ1) is 4.41. The average molecular weight is 128 g/mol. The van der Waals surface area contributed by atoms with Crippen molar-refractivity contribution >= 4 is 6.29 Å². The summed E-state index contributed by atoms with van der Waals surface area (Å²) in [5.74, 6) is 0. The molecule has 0 rings (SSSR count). The lowest BCUT2D eigenvalue weighted by Gasteiger charge is -1.86. The second-order valence-corrected chi connectivity index (χ2v) is 1.11. The predicted octanol–water partition coefficient (Wildman–Crippen LogP) is 0.833. The van der Waals surface area contributed by atoms with Gasteiger partial charge in [-0.3, -0.25) is 4.79 Å². The molecule has 3 heteroatoms. The van der Waals surface area contributed by atoms with E-state index in [-0.39, 0.29) is 0 Å². The number of carbonyl (C=O) groups excluding carboxylic acids is 1. The summed E-state index contributed by atoms with van der Waals surface area (Å²) < 4.78 is 0. The molecule has 0 unspecified atom stereocenters. The van der Waals surface area contributed by atoms with Gasteiger partial charge in [0.2, 0.25) is 0 Å². The number of hydrogen-bond donors (Lipinski definition) is 0. The van der Waals surface area contributed by atoms with Crippen LogP contribution < -0.4 is 0 Å². The molecule has 9 heavy (non-hydrogen) atoms. The Labute approximate surface area is 53.5 Å². The van der Waals surface area contributed by atoms with Crippen LogP contribution in [0.25, 0.3) is 0 Å². The van der Waals surface area contributed by atoms with Gasteiger partial charge in [0.05, 0.1) is 7.11 Å². The Morgan fingerprint density at radius 3 is 2.56 bits per heavy atom. The first kappa shape index (κ1) is 7.91. The minimum Gasteiger partial charge on any atom is -0.346 e. The Morgan fingerprint density at radius 2 is 2.00 bits per heavy atom. The van der Waals surface area contributed by atoms with E-state index < -0.39 is 0 Å². The fourth-order valence-electron chi connectivity index (χ4n) is 0.243. The van der Waals surface area contributed by atoms with Crippen molar-refractivity contribution in [1.29, 1.82) is 0 Å². The second-order valence-electron chi connectivity index (χ2n) is 1.11. The highest BCUT2D eigenvalue weighted by atomic mass is 17.2. The van der Waals surface area contributed by atoms with E-state index in [9.17, 15) is 4.79 Å². The zero-order valence-electron chi connectivity index (χ0n) is 5.11. The van der Waals surface area contributed by atoms with Crippen LogP contribution in [0, 0.1) is 0 Å². The van der Waals surface area contributed by atoms with E-state index in [1.54, 1.807) is 0 Å². The zero-order chi connectivity index (χ0) is 6.95. The third-order valence-corrected chi connectivity index (χ3v) is 0.531. The lowest BCUT2D eigenvalue weighted by atomic mass is 10.5. The molecule has 0 N–H and O–H groups in total. The highest BCUT2D eigenvalue weighted by molar-refractivity contribution is 5.65. The number of aldehydes is 1. The maximum absolute atomic E-state index is 9.64. The molecule has 0 amide bonds. The summed E-state index contributed by atoms with van der Waals surface area (Å²) >= 11 is 0. The van der Waals surface area contributed by atoms with Crippen LogP contribution in [0.4, 0.5) is 0 Å². The summed E-state index contributed by atoms with van der Waals surface area (Å²) in [4.78, 5) is 18.2. The van der Waals surface area contributed by atoms with Crippen molar-refractivity contribution in [2.45, 2.75) is 0 Å². The van der Waals surface area contributed by atoms with Gasteiger partial charge in [-0.15, -0.1) is 0 Å². The Balaban J connectivity index is 3.23. The molecule has 0 atom stereocenters. The third-order valence-electron chi connectivity index (χ3n) is 0.531. The van der Waals surface area contributed by atoms with Gasteiger partial charge in [-0.2, -0.15) is 4.89 Å². The quantitative estimate of drug-likeness (QED) is 0.140. The summed E-state index contributed by atoms with van der Waals surface area (Å²) in [5, 5.41) is 0. The van der Waals surface area contributed by atoms with Gasteiger partial charge in [0, 0.05) is 0 Å². The van der Waals surface area contributed by atoms with Crippen molar-refractivity contribution < 1.29 is 14.6 Å². The molecule has 0 radical (unpaired) electrons. The van der Waals surface area contributed by atoms with E-state index in [4.69, 9.17) is 0 Å². The van der Waals surface area contributed by atoms with Crippen molar-refractivity contribution in [3.8, 4) is 0 Å². The van der Waals surface area contributed by atoms with Crippen LogP contribution in [0.1, 0.15) is 0 Å². The topological polar surface area (TPSA) is 35.5 Å². The molecule has 0 aromatic carbocycles. The predicted molar refractivity (Wildman–Crippen MR) is 32.4 cm³/mol. The largest absolute Gasteiger partial charge is 0.346 e. The molecular weight excluding hydrogens is 120 g/mol. The summed E-state index contributed by atoms with van der Waals surface area (Å²) in [7, 11) is 1.40. The number of rotatable bonds is 4. The van der Waals surface area contributed by atoms with E-state index in [2.05, 4.69) is 9.78 Å². The lowest BCUT2D eigenvalue weighted by molar-refractivity contribution is -0.222. The SMILES string of the molecule is COOC=CC=CC=O. The van der Waals surface area contributed by atoms with Crippen molar-refractivity contribution in [3.05, 3.63) is 24.5 Å². The highest BCUT2D eigenvalue weighted by Crippen LogP contribution is 1.77. The van der Waals surface area contributed by atoms with Crippen molar-refractivity contribution in [3.63, 3.8) is 0 Å². The lowest BCUT2D eigenvalue weighted by Crippen LogP contribution is -1.74. The van der Waals surface area contributed by atoms with Gasteiger partial charge in [0.25, 0.3) is 0 Å². The molecule has 0 aliphatic rings. The summed E-state index contributed by atoms with van der Waals surface area (Å²) in [6, 6.07) is 0. The third kappa shape index (κ3) is 6.91. The van der Waals surface area contributed by atoms with Gasteiger partial charge in [-0.1, -0.05) is 6.08 Å². The number of carbonyl (C=O) groups is 1. The fraction of sp³-hybridized carbons (Fsp3) is 0.167. The standard InChI is InChI=1S/C6H8O3/c1-8-9-6-4-2-3-5-7/h2-6H,1H3. The minimum atomic E-state index is 0.678.